The highest BCUT2D eigenvalue weighted by Crippen LogP contribution is 2.33. The predicted molar refractivity (Wildman–Crippen MR) is 85.4 cm³/mol. The molecule has 2 nitrogen and oxygen atoms in total. The summed E-state index contributed by atoms with van der Waals surface area (Å²) in [4.78, 5) is 0. The van der Waals surface area contributed by atoms with Crippen molar-refractivity contribution >= 4 is 0 Å². The molecule has 0 radical (unpaired) electrons. The molecule has 0 aliphatic heterocycles. The van der Waals surface area contributed by atoms with Gasteiger partial charge in [-0.05, 0) is 71.1 Å². The van der Waals surface area contributed by atoms with Crippen molar-refractivity contribution in [2.75, 3.05) is 0 Å². The largest absolute Gasteiger partial charge is 0.508 e. The maximum atomic E-state index is 10.1. The summed E-state index contributed by atoms with van der Waals surface area (Å²) in [6.07, 6.45) is 6.93. The van der Waals surface area contributed by atoms with E-state index in [0.717, 1.165) is 24.0 Å². The van der Waals surface area contributed by atoms with E-state index in [1.165, 1.54) is 11.1 Å². The first-order chi connectivity index (χ1) is 9.32. The number of aryl methyl sites for hydroxylation is 1. The molecule has 0 unspecified atom stereocenters. The average Bonchev–Trinajstić information content (AvgIpc) is 2.35. The van der Waals surface area contributed by atoms with Crippen molar-refractivity contribution in [1.82, 2.24) is 0 Å². The van der Waals surface area contributed by atoms with Gasteiger partial charge in [-0.25, -0.2) is 0 Å². The fourth-order valence-corrected chi connectivity index (χ4v) is 2.10. The molecule has 0 fully saturated rings. The number of phenolic OH excluding ortho intramolecular Hbond substituents is 2. The molecule has 0 aliphatic rings. The number of hydrogen-bond acceptors (Lipinski definition) is 2. The summed E-state index contributed by atoms with van der Waals surface area (Å²) in [5, 5.41) is 20.1. The highest BCUT2D eigenvalue weighted by atomic mass is 16.3. The first-order valence-corrected chi connectivity index (χ1v) is 7.13. The molecule has 2 heteroatoms. The molecule has 1 aromatic carbocycles. The maximum absolute atomic E-state index is 10.1. The lowest BCUT2D eigenvalue weighted by molar-refractivity contribution is 0.437. The first-order valence-electron chi connectivity index (χ1n) is 7.13. The zero-order valence-electron chi connectivity index (χ0n) is 13.2. The van der Waals surface area contributed by atoms with E-state index in [4.69, 9.17) is 0 Å². The minimum atomic E-state index is 0.180. The Kier molecular flexibility index (Phi) is 5.87. The molecule has 2 N–H and O–H groups in total. The normalized spacial score (nSPS) is 11.6. The second-order valence-electron chi connectivity index (χ2n) is 5.74. The highest BCUT2D eigenvalue weighted by molar-refractivity contribution is 5.52. The van der Waals surface area contributed by atoms with Crippen LogP contribution in [0.1, 0.15) is 50.3 Å². The Morgan fingerprint density at radius 3 is 2.35 bits per heavy atom. The lowest BCUT2D eigenvalue weighted by Crippen LogP contribution is -1.91. The van der Waals surface area contributed by atoms with Gasteiger partial charge in [0.15, 0.2) is 0 Å². The van der Waals surface area contributed by atoms with Crippen LogP contribution in [0.4, 0.5) is 0 Å². The van der Waals surface area contributed by atoms with Crippen molar-refractivity contribution in [3.8, 4) is 11.5 Å². The van der Waals surface area contributed by atoms with E-state index >= 15 is 0 Å². The van der Waals surface area contributed by atoms with E-state index in [-0.39, 0.29) is 11.5 Å². The summed E-state index contributed by atoms with van der Waals surface area (Å²) in [6.45, 7) is 10.1. The van der Waals surface area contributed by atoms with E-state index in [0.29, 0.717) is 12.0 Å². The smallest absolute Gasteiger partial charge is 0.125 e. The third-order valence-corrected chi connectivity index (χ3v) is 3.64. The van der Waals surface area contributed by atoms with E-state index in [1.54, 1.807) is 6.07 Å². The average molecular weight is 274 g/mol. The van der Waals surface area contributed by atoms with Gasteiger partial charge in [0.05, 0.1) is 0 Å². The molecule has 20 heavy (non-hydrogen) atoms. The Hall–Kier alpha value is -1.70. The summed E-state index contributed by atoms with van der Waals surface area (Å²) in [7, 11) is 0. The second kappa shape index (κ2) is 7.18. The van der Waals surface area contributed by atoms with Crippen LogP contribution < -0.4 is 0 Å². The highest BCUT2D eigenvalue weighted by Gasteiger charge is 2.11. The molecule has 1 aromatic rings. The molecule has 0 aromatic heterocycles. The molecule has 0 spiro atoms. The van der Waals surface area contributed by atoms with Crippen LogP contribution in [-0.4, -0.2) is 10.2 Å². The fourth-order valence-electron chi connectivity index (χ4n) is 2.10. The zero-order chi connectivity index (χ0) is 15.3. The van der Waals surface area contributed by atoms with Crippen molar-refractivity contribution in [2.24, 2.45) is 0 Å². The van der Waals surface area contributed by atoms with Crippen LogP contribution in [0.5, 0.6) is 11.5 Å². The summed E-state index contributed by atoms with van der Waals surface area (Å²) < 4.78 is 0. The Morgan fingerprint density at radius 2 is 1.75 bits per heavy atom. The standard InChI is InChI=1S/C18H26O2/c1-12(2)7-6-8-13(3)9-10-16-17(19)11-14(4)15(5)18(16)20/h7,9,11,19-20H,6,8,10H2,1-5H3/b13-9+. The van der Waals surface area contributed by atoms with Crippen LogP contribution in [0.3, 0.4) is 0 Å². The van der Waals surface area contributed by atoms with Crippen LogP contribution in [-0.2, 0) is 6.42 Å². The molecule has 0 bridgehead atoms. The van der Waals surface area contributed by atoms with E-state index < -0.39 is 0 Å². The van der Waals surface area contributed by atoms with Gasteiger partial charge in [0.25, 0.3) is 0 Å². The predicted octanol–water partition coefficient (Wildman–Crippen LogP) is 4.95. The Labute approximate surface area is 122 Å². The van der Waals surface area contributed by atoms with Crippen LogP contribution in [0.2, 0.25) is 0 Å². The van der Waals surface area contributed by atoms with Gasteiger partial charge in [-0.2, -0.15) is 0 Å². The van der Waals surface area contributed by atoms with Crippen molar-refractivity contribution < 1.29 is 10.2 Å². The lowest BCUT2D eigenvalue weighted by Gasteiger charge is -2.11. The van der Waals surface area contributed by atoms with Gasteiger partial charge >= 0.3 is 0 Å². The Balaban J connectivity index is 2.79. The van der Waals surface area contributed by atoms with E-state index in [1.807, 2.05) is 13.8 Å². The van der Waals surface area contributed by atoms with Gasteiger partial charge in [-0.3, -0.25) is 0 Å². The van der Waals surface area contributed by atoms with Gasteiger partial charge < -0.3 is 10.2 Å². The van der Waals surface area contributed by atoms with Crippen LogP contribution in [0.25, 0.3) is 0 Å². The molecule has 110 valence electrons. The molecule has 0 saturated heterocycles. The third kappa shape index (κ3) is 4.44. The molecule has 0 saturated carbocycles. The van der Waals surface area contributed by atoms with Crippen LogP contribution in [0, 0.1) is 13.8 Å². The SMILES string of the molecule is CC(C)=CCC/C(C)=C/Cc1c(O)cc(C)c(C)c1O. The number of allylic oxidation sites excluding steroid dienone is 4. The van der Waals surface area contributed by atoms with E-state index in [9.17, 15) is 10.2 Å². The van der Waals surface area contributed by atoms with Crippen molar-refractivity contribution in [1.29, 1.82) is 0 Å². The minimum absolute atomic E-state index is 0.180. The minimum Gasteiger partial charge on any atom is -0.508 e. The quantitative estimate of drug-likeness (QED) is 0.746. The van der Waals surface area contributed by atoms with Gasteiger partial charge in [0, 0.05) is 5.56 Å². The van der Waals surface area contributed by atoms with Crippen molar-refractivity contribution in [2.45, 2.75) is 53.9 Å². The first kappa shape index (κ1) is 16.4. The van der Waals surface area contributed by atoms with E-state index in [2.05, 4.69) is 32.9 Å². The molecular formula is C18H26O2. The van der Waals surface area contributed by atoms with Gasteiger partial charge in [-0.1, -0.05) is 23.3 Å². The number of rotatable bonds is 5. The number of aromatic hydroxyl groups is 2. The fraction of sp³-hybridized carbons (Fsp3) is 0.444. The van der Waals surface area contributed by atoms with Gasteiger partial charge in [0.1, 0.15) is 11.5 Å². The summed E-state index contributed by atoms with van der Waals surface area (Å²) in [5.74, 6) is 0.398. The number of hydrogen-bond donors (Lipinski definition) is 2. The third-order valence-electron chi connectivity index (χ3n) is 3.64. The monoisotopic (exact) mass is 274 g/mol. The Bertz CT molecular complexity index is 533. The van der Waals surface area contributed by atoms with Crippen molar-refractivity contribution in [3.05, 3.63) is 46.1 Å². The van der Waals surface area contributed by atoms with Crippen molar-refractivity contribution in [3.63, 3.8) is 0 Å². The summed E-state index contributed by atoms with van der Waals surface area (Å²) >= 11 is 0. The molecule has 1 rings (SSSR count). The number of phenols is 2. The zero-order valence-corrected chi connectivity index (χ0v) is 13.2. The topological polar surface area (TPSA) is 40.5 Å². The second-order valence-corrected chi connectivity index (χ2v) is 5.74. The summed E-state index contributed by atoms with van der Waals surface area (Å²) in [5.41, 5.74) is 4.98. The molecule has 0 atom stereocenters. The summed E-state index contributed by atoms with van der Waals surface area (Å²) in [6, 6.07) is 1.72. The molecule has 0 aliphatic carbocycles. The van der Waals surface area contributed by atoms with Gasteiger partial charge in [-0.15, -0.1) is 0 Å². The lowest BCUT2D eigenvalue weighted by atomic mass is 9.99. The molecular weight excluding hydrogens is 248 g/mol. The Morgan fingerprint density at radius 1 is 1.10 bits per heavy atom. The number of benzene rings is 1. The molecule has 0 heterocycles. The van der Waals surface area contributed by atoms with Gasteiger partial charge in [0.2, 0.25) is 0 Å². The maximum Gasteiger partial charge on any atom is 0.125 e. The van der Waals surface area contributed by atoms with Crippen LogP contribution in [0.15, 0.2) is 29.4 Å². The van der Waals surface area contributed by atoms with Crippen LogP contribution >= 0.6 is 0 Å². The molecule has 0 amide bonds.